The van der Waals surface area contributed by atoms with Gasteiger partial charge in [0.05, 0.1) is 0 Å². The largest absolute Gasteiger partial charge is 0.508 e. The van der Waals surface area contributed by atoms with Crippen LogP contribution in [0, 0.1) is 0 Å². The minimum absolute atomic E-state index is 0.200. The molecule has 17 heavy (non-hydrogen) atoms. The molecule has 0 aliphatic heterocycles. The molecule has 0 aliphatic carbocycles. The van der Waals surface area contributed by atoms with Crippen LogP contribution in [0.3, 0.4) is 0 Å². The monoisotopic (exact) mass is 230 g/mol. The maximum atomic E-state index is 9.24. The summed E-state index contributed by atoms with van der Waals surface area (Å²) in [5.41, 5.74) is 0. The van der Waals surface area contributed by atoms with Gasteiger partial charge in [0.15, 0.2) is 0 Å². The van der Waals surface area contributed by atoms with Crippen molar-refractivity contribution in [3.05, 3.63) is 54.6 Å². The summed E-state index contributed by atoms with van der Waals surface area (Å²) in [6, 6.07) is 16.3. The first-order valence-electron chi connectivity index (χ1n) is 5.44. The highest BCUT2D eigenvalue weighted by atomic mass is 16.5. The zero-order valence-electron chi connectivity index (χ0n) is 9.37. The lowest BCUT2D eigenvalue weighted by atomic mass is 10.3. The Morgan fingerprint density at radius 1 is 0.765 bits per heavy atom. The average molecular weight is 230 g/mol. The van der Waals surface area contributed by atoms with Crippen molar-refractivity contribution in [3.8, 4) is 17.2 Å². The second kappa shape index (κ2) is 5.80. The quantitative estimate of drug-likeness (QED) is 0.803. The molecule has 2 aromatic carbocycles. The Balaban J connectivity index is 1.73. The van der Waals surface area contributed by atoms with Crippen molar-refractivity contribution in [2.24, 2.45) is 0 Å². The van der Waals surface area contributed by atoms with Crippen molar-refractivity contribution in [2.45, 2.75) is 0 Å². The molecule has 0 atom stereocenters. The lowest BCUT2D eigenvalue weighted by molar-refractivity contribution is 0.216. The first-order valence-corrected chi connectivity index (χ1v) is 5.44. The number of phenolic OH excluding ortho intramolecular Hbond substituents is 1. The van der Waals surface area contributed by atoms with Crippen LogP contribution in [0.15, 0.2) is 54.6 Å². The molecule has 3 nitrogen and oxygen atoms in total. The third kappa shape index (κ3) is 3.72. The number of rotatable bonds is 5. The smallest absolute Gasteiger partial charge is 0.123 e. The maximum absolute atomic E-state index is 9.24. The highest BCUT2D eigenvalue weighted by Crippen LogP contribution is 2.17. The van der Waals surface area contributed by atoms with Crippen LogP contribution in [0.1, 0.15) is 0 Å². The minimum Gasteiger partial charge on any atom is -0.508 e. The summed E-state index contributed by atoms with van der Waals surface area (Å²) in [6.45, 7) is 0.915. The van der Waals surface area contributed by atoms with Gasteiger partial charge in [-0.15, -0.1) is 0 Å². The van der Waals surface area contributed by atoms with E-state index in [1.807, 2.05) is 30.3 Å². The van der Waals surface area contributed by atoms with E-state index in [4.69, 9.17) is 9.47 Å². The molecule has 0 saturated carbocycles. The van der Waals surface area contributed by atoms with Gasteiger partial charge in [-0.3, -0.25) is 0 Å². The van der Waals surface area contributed by atoms with Crippen LogP contribution < -0.4 is 9.47 Å². The molecule has 0 amide bonds. The van der Waals surface area contributed by atoms with E-state index >= 15 is 0 Å². The van der Waals surface area contributed by atoms with Crippen molar-refractivity contribution in [1.82, 2.24) is 0 Å². The van der Waals surface area contributed by atoms with Crippen molar-refractivity contribution in [1.29, 1.82) is 0 Å². The van der Waals surface area contributed by atoms with Gasteiger partial charge in [-0.2, -0.15) is 0 Å². The summed E-state index contributed by atoms with van der Waals surface area (Å²) in [5, 5.41) is 9.24. The van der Waals surface area contributed by atoms with Crippen molar-refractivity contribution in [2.75, 3.05) is 13.2 Å². The van der Waals surface area contributed by atoms with Gasteiger partial charge in [-0.05, 0) is 24.3 Å². The molecule has 1 N–H and O–H groups in total. The molecule has 0 saturated heterocycles. The molecule has 0 radical (unpaired) electrons. The number of hydrogen-bond acceptors (Lipinski definition) is 3. The van der Waals surface area contributed by atoms with Gasteiger partial charge in [-0.25, -0.2) is 0 Å². The Labute approximate surface area is 100 Å². The molecular formula is C14H14O3. The highest BCUT2D eigenvalue weighted by Gasteiger charge is 1.96. The van der Waals surface area contributed by atoms with Crippen LogP contribution in [0.4, 0.5) is 0 Å². The predicted molar refractivity (Wildman–Crippen MR) is 65.5 cm³/mol. The number of hydrogen-bond donors (Lipinski definition) is 1. The van der Waals surface area contributed by atoms with Crippen LogP contribution in [0.5, 0.6) is 17.2 Å². The fourth-order valence-corrected chi connectivity index (χ4v) is 1.41. The second-order valence-electron chi connectivity index (χ2n) is 3.51. The topological polar surface area (TPSA) is 38.7 Å². The lowest BCUT2D eigenvalue weighted by Gasteiger charge is -2.08. The second-order valence-corrected chi connectivity index (χ2v) is 3.51. The summed E-state index contributed by atoms with van der Waals surface area (Å²) >= 11 is 0. The Hall–Kier alpha value is -2.16. The summed E-state index contributed by atoms with van der Waals surface area (Å²) in [7, 11) is 0. The van der Waals surface area contributed by atoms with E-state index in [1.54, 1.807) is 24.3 Å². The molecule has 2 rings (SSSR count). The van der Waals surface area contributed by atoms with Gasteiger partial charge in [0.25, 0.3) is 0 Å². The van der Waals surface area contributed by atoms with Crippen molar-refractivity contribution < 1.29 is 14.6 Å². The Morgan fingerprint density at radius 3 is 2.12 bits per heavy atom. The van der Waals surface area contributed by atoms with Crippen LogP contribution in [0.25, 0.3) is 0 Å². The molecular weight excluding hydrogens is 216 g/mol. The van der Waals surface area contributed by atoms with E-state index in [9.17, 15) is 5.11 Å². The van der Waals surface area contributed by atoms with Crippen LogP contribution in [0.2, 0.25) is 0 Å². The van der Waals surface area contributed by atoms with Gasteiger partial charge >= 0.3 is 0 Å². The third-order valence-electron chi connectivity index (χ3n) is 2.18. The zero-order valence-corrected chi connectivity index (χ0v) is 9.37. The molecule has 0 spiro atoms. The first kappa shape index (κ1) is 11.3. The SMILES string of the molecule is Oc1cccc(OCCOc2ccccc2)c1. The van der Waals surface area contributed by atoms with Gasteiger partial charge in [-0.1, -0.05) is 24.3 Å². The van der Waals surface area contributed by atoms with Crippen LogP contribution >= 0.6 is 0 Å². The first-order chi connectivity index (χ1) is 8.34. The lowest BCUT2D eigenvalue weighted by Crippen LogP contribution is -2.08. The van der Waals surface area contributed by atoms with E-state index in [2.05, 4.69) is 0 Å². The summed E-state index contributed by atoms with van der Waals surface area (Å²) < 4.78 is 10.9. The van der Waals surface area contributed by atoms with E-state index < -0.39 is 0 Å². The van der Waals surface area contributed by atoms with E-state index in [0.29, 0.717) is 19.0 Å². The van der Waals surface area contributed by atoms with E-state index in [0.717, 1.165) is 5.75 Å². The molecule has 0 heterocycles. The van der Waals surface area contributed by atoms with Crippen molar-refractivity contribution in [3.63, 3.8) is 0 Å². The highest BCUT2D eigenvalue weighted by molar-refractivity contribution is 5.31. The predicted octanol–water partition coefficient (Wildman–Crippen LogP) is 2.85. The molecule has 88 valence electrons. The number of ether oxygens (including phenoxy) is 2. The van der Waals surface area contributed by atoms with E-state index in [-0.39, 0.29) is 5.75 Å². The maximum Gasteiger partial charge on any atom is 0.123 e. The average Bonchev–Trinajstić information content (AvgIpc) is 2.36. The Morgan fingerprint density at radius 2 is 1.41 bits per heavy atom. The zero-order chi connectivity index (χ0) is 11.9. The van der Waals surface area contributed by atoms with Gasteiger partial charge in [0.1, 0.15) is 30.5 Å². The standard InChI is InChI=1S/C14H14O3/c15-12-5-4-8-14(11-12)17-10-9-16-13-6-2-1-3-7-13/h1-8,11,15H,9-10H2. The molecule has 0 unspecified atom stereocenters. The Kier molecular flexibility index (Phi) is 3.86. The third-order valence-corrected chi connectivity index (χ3v) is 2.18. The minimum atomic E-state index is 0.200. The fraction of sp³-hybridized carbons (Fsp3) is 0.143. The summed E-state index contributed by atoms with van der Waals surface area (Å²) in [6.07, 6.45) is 0. The van der Waals surface area contributed by atoms with Crippen LogP contribution in [-0.4, -0.2) is 18.3 Å². The normalized spacial score (nSPS) is 9.88. The van der Waals surface area contributed by atoms with E-state index in [1.165, 1.54) is 0 Å². The van der Waals surface area contributed by atoms with Crippen LogP contribution in [-0.2, 0) is 0 Å². The summed E-state index contributed by atoms with van der Waals surface area (Å²) in [4.78, 5) is 0. The Bertz CT molecular complexity index is 454. The number of phenols is 1. The molecule has 2 aromatic rings. The number of para-hydroxylation sites is 1. The van der Waals surface area contributed by atoms with Gasteiger partial charge in [0.2, 0.25) is 0 Å². The van der Waals surface area contributed by atoms with Crippen molar-refractivity contribution >= 4 is 0 Å². The molecule has 0 bridgehead atoms. The molecule has 0 aromatic heterocycles. The molecule has 0 aliphatic rings. The number of aromatic hydroxyl groups is 1. The van der Waals surface area contributed by atoms with Gasteiger partial charge < -0.3 is 14.6 Å². The van der Waals surface area contributed by atoms with Gasteiger partial charge in [0, 0.05) is 6.07 Å². The summed E-state index contributed by atoms with van der Waals surface area (Å²) in [5.74, 6) is 1.67. The fourth-order valence-electron chi connectivity index (χ4n) is 1.41. The molecule has 0 fully saturated rings. The molecule has 3 heteroatoms. The number of benzene rings is 2.